The smallest absolute Gasteiger partial charge is 0.352 e. The Bertz CT molecular complexity index is 554. The summed E-state index contributed by atoms with van der Waals surface area (Å²) >= 11 is 0. The van der Waals surface area contributed by atoms with E-state index in [0.717, 1.165) is 10.9 Å². The van der Waals surface area contributed by atoms with E-state index in [1.165, 1.54) is 4.57 Å². The first-order chi connectivity index (χ1) is 7.00. The van der Waals surface area contributed by atoms with Crippen molar-refractivity contribution >= 4 is 16.9 Å². The van der Waals surface area contributed by atoms with Crippen molar-refractivity contribution in [3.8, 4) is 5.75 Å². The minimum atomic E-state index is -0.995. The molecule has 0 aliphatic rings. The number of phenols is 1. The van der Waals surface area contributed by atoms with E-state index >= 15 is 0 Å². The van der Waals surface area contributed by atoms with Gasteiger partial charge in [0.05, 0.1) is 5.52 Å². The molecular formula is C11H11NO3. The van der Waals surface area contributed by atoms with Crippen LogP contribution in [0, 0.1) is 6.92 Å². The molecule has 1 heterocycles. The fourth-order valence-electron chi connectivity index (χ4n) is 1.83. The van der Waals surface area contributed by atoms with E-state index in [1.54, 1.807) is 19.2 Å². The van der Waals surface area contributed by atoms with Gasteiger partial charge in [0, 0.05) is 12.4 Å². The summed E-state index contributed by atoms with van der Waals surface area (Å²) in [4.78, 5) is 10.9. The molecule has 2 aromatic rings. The maximum atomic E-state index is 10.9. The van der Waals surface area contributed by atoms with Gasteiger partial charge in [-0.3, -0.25) is 0 Å². The van der Waals surface area contributed by atoms with Crippen molar-refractivity contribution in [3.05, 3.63) is 29.5 Å². The van der Waals surface area contributed by atoms with Gasteiger partial charge >= 0.3 is 5.97 Å². The maximum Gasteiger partial charge on any atom is 0.352 e. The summed E-state index contributed by atoms with van der Waals surface area (Å²) in [6.45, 7) is 1.85. The number of benzene rings is 1. The first-order valence-corrected chi connectivity index (χ1v) is 4.53. The average Bonchev–Trinajstić information content (AvgIpc) is 2.42. The summed E-state index contributed by atoms with van der Waals surface area (Å²) in [6.07, 6.45) is 0. The molecule has 0 fully saturated rings. The maximum absolute atomic E-state index is 10.9. The normalized spacial score (nSPS) is 10.8. The number of hydrogen-bond donors (Lipinski definition) is 2. The standard InChI is InChI=1S/C11H11NO3/c1-6-3-7-5-8(11(14)15)12(2)10(7)9(13)4-6/h3-5,13H,1-2H3,(H,14,15). The monoisotopic (exact) mass is 205 g/mol. The topological polar surface area (TPSA) is 62.5 Å². The molecule has 0 bridgehead atoms. The van der Waals surface area contributed by atoms with Crippen LogP contribution in [-0.2, 0) is 7.05 Å². The number of fused-ring (bicyclic) bond motifs is 1. The summed E-state index contributed by atoms with van der Waals surface area (Å²) in [5, 5.41) is 19.4. The number of carbonyl (C=O) groups is 1. The van der Waals surface area contributed by atoms with Gasteiger partial charge in [0.15, 0.2) is 0 Å². The largest absolute Gasteiger partial charge is 0.506 e. The lowest BCUT2D eigenvalue weighted by molar-refractivity contribution is 0.0687. The second-order valence-corrected chi connectivity index (χ2v) is 3.62. The predicted octanol–water partition coefficient (Wildman–Crippen LogP) is 1.89. The number of aromatic hydroxyl groups is 1. The number of aryl methyl sites for hydroxylation is 2. The van der Waals surface area contributed by atoms with Crippen LogP contribution in [0.15, 0.2) is 18.2 Å². The summed E-state index contributed by atoms with van der Waals surface area (Å²) in [5.41, 5.74) is 1.63. The minimum absolute atomic E-state index is 0.111. The highest BCUT2D eigenvalue weighted by Gasteiger charge is 2.14. The number of carboxylic acids is 1. The molecule has 2 N–H and O–H groups in total. The Kier molecular flexibility index (Phi) is 1.93. The molecule has 0 aliphatic carbocycles. The third kappa shape index (κ3) is 1.34. The van der Waals surface area contributed by atoms with Gasteiger partial charge in [0.2, 0.25) is 0 Å². The molecule has 0 spiro atoms. The number of aromatic carboxylic acids is 1. The molecule has 0 amide bonds. The fourth-order valence-corrected chi connectivity index (χ4v) is 1.83. The lowest BCUT2D eigenvalue weighted by atomic mass is 10.1. The lowest BCUT2D eigenvalue weighted by Gasteiger charge is -2.02. The van der Waals surface area contributed by atoms with Crippen LogP contribution in [0.25, 0.3) is 10.9 Å². The van der Waals surface area contributed by atoms with Gasteiger partial charge in [-0.15, -0.1) is 0 Å². The molecule has 0 saturated heterocycles. The summed E-state index contributed by atoms with van der Waals surface area (Å²) < 4.78 is 1.48. The fraction of sp³-hybridized carbons (Fsp3) is 0.182. The molecule has 0 radical (unpaired) electrons. The molecule has 0 aliphatic heterocycles. The first kappa shape index (κ1) is 9.58. The van der Waals surface area contributed by atoms with Crippen LogP contribution in [-0.4, -0.2) is 20.7 Å². The number of nitrogens with zero attached hydrogens (tertiary/aromatic N) is 1. The molecule has 0 atom stereocenters. The van der Waals surface area contributed by atoms with Gasteiger partial charge < -0.3 is 14.8 Å². The zero-order valence-electron chi connectivity index (χ0n) is 8.48. The number of phenolic OH excluding ortho intramolecular Hbond substituents is 1. The number of rotatable bonds is 1. The van der Waals surface area contributed by atoms with E-state index in [4.69, 9.17) is 5.11 Å². The van der Waals surface area contributed by atoms with Crippen LogP contribution >= 0.6 is 0 Å². The summed E-state index contributed by atoms with van der Waals surface area (Å²) in [6, 6.07) is 5.03. The Morgan fingerprint density at radius 2 is 2.00 bits per heavy atom. The number of hydrogen-bond acceptors (Lipinski definition) is 2. The average molecular weight is 205 g/mol. The summed E-state index contributed by atoms with van der Waals surface area (Å²) in [7, 11) is 1.63. The second kappa shape index (κ2) is 3.02. The van der Waals surface area contributed by atoms with Gasteiger partial charge in [-0.2, -0.15) is 0 Å². The van der Waals surface area contributed by atoms with Gasteiger partial charge in [-0.1, -0.05) is 0 Å². The Labute approximate surface area is 86.4 Å². The Morgan fingerprint density at radius 3 is 2.60 bits per heavy atom. The third-order valence-corrected chi connectivity index (χ3v) is 2.47. The molecule has 4 heteroatoms. The summed E-state index contributed by atoms with van der Waals surface area (Å²) in [5.74, 6) is -0.884. The molecule has 0 saturated carbocycles. The Balaban J connectivity index is 2.88. The molecule has 1 aromatic carbocycles. The van der Waals surface area contributed by atoms with Crippen molar-refractivity contribution in [1.82, 2.24) is 4.57 Å². The van der Waals surface area contributed by atoms with Crippen molar-refractivity contribution in [2.45, 2.75) is 6.92 Å². The Morgan fingerprint density at radius 1 is 1.33 bits per heavy atom. The van der Waals surface area contributed by atoms with Crippen molar-refractivity contribution in [3.63, 3.8) is 0 Å². The van der Waals surface area contributed by atoms with Crippen LogP contribution < -0.4 is 0 Å². The van der Waals surface area contributed by atoms with Crippen LogP contribution in [0.3, 0.4) is 0 Å². The Hall–Kier alpha value is -1.97. The van der Waals surface area contributed by atoms with Crippen molar-refractivity contribution in [2.24, 2.45) is 7.05 Å². The molecule has 1 aromatic heterocycles. The van der Waals surface area contributed by atoms with Gasteiger partial charge in [-0.05, 0) is 30.7 Å². The highest BCUT2D eigenvalue weighted by atomic mass is 16.4. The van der Waals surface area contributed by atoms with E-state index in [1.807, 2.05) is 13.0 Å². The zero-order chi connectivity index (χ0) is 11.2. The van der Waals surface area contributed by atoms with Gasteiger partial charge in [-0.25, -0.2) is 4.79 Å². The molecule has 78 valence electrons. The van der Waals surface area contributed by atoms with E-state index in [9.17, 15) is 9.90 Å². The molecule has 0 unspecified atom stereocenters. The molecule has 4 nitrogen and oxygen atoms in total. The highest BCUT2D eigenvalue weighted by molar-refractivity contribution is 5.96. The van der Waals surface area contributed by atoms with Crippen LogP contribution in [0.2, 0.25) is 0 Å². The quantitative estimate of drug-likeness (QED) is 0.747. The predicted molar refractivity (Wildman–Crippen MR) is 56.3 cm³/mol. The van der Waals surface area contributed by atoms with E-state index in [2.05, 4.69) is 0 Å². The second-order valence-electron chi connectivity index (χ2n) is 3.62. The van der Waals surface area contributed by atoms with Gasteiger partial charge in [0.25, 0.3) is 0 Å². The minimum Gasteiger partial charge on any atom is -0.506 e. The van der Waals surface area contributed by atoms with E-state index in [0.29, 0.717) is 5.52 Å². The van der Waals surface area contributed by atoms with Gasteiger partial charge in [0.1, 0.15) is 11.4 Å². The first-order valence-electron chi connectivity index (χ1n) is 4.53. The zero-order valence-corrected chi connectivity index (χ0v) is 8.48. The molecule has 15 heavy (non-hydrogen) atoms. The third-order valence-electron chi connectivity index (χ3n) is 2.47. The number of carboxylic acid groups (broad SMARTS) is 1. The van der Waals surface area contributed by atoms with Crippen LogP contribution in [0.4, 0.5) is 0 Å². The SMILES string of the molecule is Cc1cc(O)c2c(c1)cc(C(=O)O)n2C. The van der Waals surface area contributed by atoms with Crippen LogP contribution in [0.5, 0.6) is 5.75 Å². The van der Waals surface area contributed by atoms with Crippen molar-refractivity contribution < 1.29 is 15.0 Å². The molecule has 2 rings (SSSR count). The molecular weight excluding hydrogens is 194 g/mol. The lowest BCUT2D eigenvalue weighted by Crippen LogP contribution is -2.03. The van der Waals surface area contributed by atoms with E-state index in [-0.39, 0.29) is 11.4 Å². The highest BCUT2D eigenvalue weighted by Crippen LogP contribution is 2.28. The number of aromatic nitrogens is 1. The van der Waals surface area contributed by atoms with Crippen molar-refractivity contribution in [2.75, 3.05) is 0 Å². The van der Waals surface area contributed by atoms with Crippen molar-refractivity contribution in [1.29, 1.82) is 0 Å². The van der Waals surface area contributed by atoms with E-state index < -0.39 is 5.97 Å². The van der Waals surface area contributed by atoms with Crippen LogP contribution in [0.1, 0.15) is 16.1 Å².